The number of rotatable bonds is 5. The zero-order valence-corrected chi connectivity index (χ0v) is 8.99. The number of furan rings is 1. The van der Waals surface area contributed by atoms with E-state index in [1.807, 2.05) is 6.07 Å². The van der Waals surface area contributed by atoms with E-state index in [0.29, 0.717) is 11.8 Å². The Morgan fingerprint density at radius 1 is 1.50 bits per heavy atom. The molecule has 1 N–H and O–H groups in total. The second-order valence-corrected chi connectivity index (χ2v) is 4.46. The van der Waals surface area contributed by atoms with Crippen LogP contribution in [0.1, 0.15) is 38.4 Å². The third-order valence-corrected chi connectivity index (χ3v) is 3.15. The summed E-state index contributed by atoms with van der Waals surface area (Å²) in [7, 11) is 0. The van der Waals surface area contributed by atoms with E-state index in [2.05, 4.69) is 25.2 Å². The van der Waals surface area contributed by atoms with E-state index in [1.165, 1.54) is 12.8 Å². The standard InChI is InChI=1S/C12H19NO/c1-9(8-13-11-5-6-11)10(2)12-4-3-7-14-12/h3-4,7,9-11,13H,5-6,8H2,1-2H3. The van der Waals surface area contributed by atoms with E-state index in [9.17, 15) is 0 Å². The van der Waals surface area contributed by atoms with E-state index in [-0.39, 0.29) is 0 Å². The predicted molar refractivity (Wildman–Crippen MR) is 57.3 cm³/mol. The van der Waals surface area contributed by atoms with Crippen molar-refractivity contribution in [3.63, 3.8) is 0 Å². The van der Waals surface area contributed by atoms with Crippen LogP contribution in [-0.4, -0.2) is 12.6 Å². The van der Waals surface area contributed by atoms with Gasteiger partial charge in [0.25, 0.3) is 0 Å². The van der Waals surface area contributed by atoms with Crippen molar-refractivity contribution in [1.82, 2.24) is 5.32 Å². The molecule has 78 valence electrons. The molecule has 0 bridgehead atoms. The summed E-state index contributed by atoms with van der Waals surface area (Å²) < 4.78 is 5.41. The molecule has 2 unspecified atom stereocenters. The lowest BCUT2D eigenvalue weighted by atomic mass is 9.93. The van der Waals surface area contributed by atoms with Crippen LogP contribution in [0.5, 0.6) is 0 Å². The highest BCUT2D eigenvalue weighted by Crippen LogP contribution is 2.25. The first-order chi connectivity index (χ1) is 6.77. The molecule has 0 saturated heterocycles. The van der Waals surface area contributed by atoms with Gasteiger partial charge in [-0.3, -0.25) is 0 Å². The molecule has 1 heterocycles. The molecule has 0 amide bonds. The van der Waals surface area contributed by atoms with Gasteiger partial charge in [0, 0.05) is 12.0 Å². The third-order valence-electron chi connectivity index (χ3n) is 3.15. The first kappa shape index (κ1) is 9.78. The molecule has 0 radical (unpaired) electrons. The first-order valence-electron chi connectivity index (χ1n) is 5.54. The number of nitrogens with one attached hydrogen (secondary N) is 1. The van der Waals surface area contributed by atoms with Gasteiger partial charge in [0.1, 0.15) is 5.76 Å². The minimum Gasteiger partial charge on any atom is -0.469 e. The van der Waals surface area contributed by atoms with Crippen molar-refractivity contribution in [1.29, 1.82) is 0 Å². The summed E-state index contributed by atoms with van der Waals surface area (Å²) in [5, 5.41) is 3.56. The molecule has 1 aromatic heterocycles. The number of hydrogen-bond donors (Lipinski definition) is 1. The van der Waals surface area contributed by atoms with Gasteiger partial charge in [-0.15, -0.1) is 0 Å². The highest BCUT2D eigenvalue weighted by atomic mass is 16.3. The topological polar surface area (TPSA) is 25.2 Å². The molecule has 0 aromatic carbocycles. The number of hydrogen-bond acceptors (Lipinski definition) is 2. The van der Waals surface area contributed by atoms with E-state index in [1.54, 1.807) is 6.26 Å². The van der Waals surface area contributed by atoms with Gasteiger partial charge < -0.3 is 9.73 Å². The molecule has 2 atom stereocenters. The highest BCUT2D eigenvalue weighted by Gasteiger charge is 2.23. The fourth-order valence-corrected chi connectivity index (χ4v) is 1.65. The molecule has 1 aliphatic rings. The van der Waals surface area contributed by atoms with Crippen molar-refractivity contribution < 1.29 is 4.42 Å². The van der Waals surface area contributed by atoms with E-state index < -0.39 is 0 Å². The maximum absolute atomic E-state index is 5.41. The van der Waals surface area contributed by atoms with Gasteiger partial charge in [-0.1, -0.05) is 13.8 Å². The normalized spacial score (nSPS) is 20.7. The molecule has 14 heavy (non-hydrogen) atoms. The monoisotopic (exact) mass is 193 g/mol. The molecular formula is C12H19NO. The van der Waals surface area contributed by atoms with E-state index in [4.69, 9.17) is 4.42 Å². The Hall–Kier alpha value is -0.760. The summed E-state index contributed by atoms with van der Waals surface area (Å²) in [6.07, 6.45) is 4.48. The summed E-state index contributed by atoms with van der Waals surface area (Å²) in [6, 6.07) is 4.84. The lowest BCUT2D eigenvalue weighted by Crippen LogP contribution is -2.25. The van der Waals surface area contributed by atoms with Gasteiger partial charge in [-0.05, 0) is 37.4 Å². The smallest absolute Gasteiger partial charge is 0.106 e. The average molecular weight is 193 g/mol. The molecular weight excluding hydrogens is 174 g/mol. The first-order valence-corrected chi connectivity index (χ1v) is 5.54. The van der Waals surface area contributed by atoms with Crippen LogP contribution in [0.15, 0.2) is 22.8 Å². The van der Waals surface area contributed by atoms with Crippen LogP contribution in [0.25, 0.3) is 0 Å². The van der Waals surface area contributed by atoms with Crippen LogP contribution in [0.3, 0.4) is 0 Å². The summed E-state index contributed by atoms with van der Waals surface area (Å²) >= 11 is 0. The Balaban J connectivity index is 1.80. The van der Waals surface area contributed by atoms with Gasteiger partial charge in [-0.2, -0.15) is 0 Å². The SMILES string of the molecule is CC(CNC1CC1)C(C)c1ccco1. The highest BCUT2D eigenvalue weighted by molar-refractivity contribution is 5.05. The van der Waals surface area contributed by atoms with Crippen molar-refractivity contribution >= 4 is 0 Å². The predicted octanol–water partition coefficient (Wildman–Crippen LogP) is 2.77. The van der Waals surface area contributed by atoms with Crippen molar-refractivity contribution in [3.8, 4) is 0 Å². The Morgan fingerprint density at radius 3 is 2.86 bits per heavy atom. The van der Waals surface area contributed by atoms with Gasteiger partial charge >= 0.3 is 0 Å². The fraction of sp³-hybridized carbons (Fsp3) is 0.667. The van der Waals surface area contributed by atoms with Crippen LogP contribution in [-0.2, 0) is 0 Å². The quantitative estimate of drug-likeness (QED) is 0.778. The summed E-state index contributed by atoms with van der Waals surface area (Å²) in [6.45, 7) is 5.62. The molecule has 2 heteroatoms. The second kappa shape index (κ2) is 4.18. The van der Waals surface area contributed by atoms with Crippen molar-refractivity contribution in [2.24, 2.45) is 5.92 Å². The second-order valence-electron chi connectivity index (χ2n) is 4.46. The zero-order valence-electron chi connectivity index (χ0n) is 8.99. The largest absolute Gasteiger partial charge is 0.469 e. The van der Waals surface area contributed by atoms with Crippen molar-refractivity contribution in [2.45, 2.75) is 38.6 Å². The van der Waals surface area contributed by atoms with Crippen LogP contribution in [0.2, 0.25) is 0 Å². The van der Waals surface area contributed by atoms with Gasteiger partial charge in [0.05, 0.1) is 6.26 Å². The van der Waals surface area contributed by atoms with Gasteiger partial charge in [0.2, 0.25) is 0 Å². The maximum Gasteiger partial charge on any atom is 0.106 e. The average Bonchev–Trinajstić information content (AvgIpc) is 2.86. The van der Waals surface area contributed by atoms with Crippen LogP contribution in [0.4, 0.5) is 0 Å². The molecule has 2 nitrogen and oxygen atoms in total. The lowest BCUT2D eigenvalue weighted by Gasteiger charge is -2.18. The molecule has 1 aliphatic carbocycles. The Labute approximate surface area is 85.7 Å². The Bertz CT molecular complexity index is 264. The van der Waals surface area contributed by atoms with Gasteiger partial charge in [-0.25, -0.2) is 0 Å². The minimum absolute atomic E-state index is 0.510. The lowest BCUT2D eigenvalue weighted by molar-refractivity contribution is 0.379. The summed E-state index contributed by atoms with van der Waals surface area (Å²) in [5.41, 5.74) is 0. The summed E-state index contributed by atoms with van der Waals surface area (Å²) in [4.78, 5) is 0. The summed E-state index contributed by atoms with van der Waals surface area (Å²) in [5.74, 6) is 2.26. The van der Waals surface area contributed by atoms with E-state index in [0.717, 1.165) is 18.3 Å². The van der Waals surface area contributed by atoms with Gasteiger partial charge in [0.15, 0.2) is 0 Å². The Kier molecular flexibility index (Phi) is 2.92. The molecule has 1 fully saturated rings. The van der Waals surface area contributed by atoms with Crippen molar-refractivity contribution in [3.05, 3.63) is 24.2 Å². The minimum atomic E-state index is 0.510. The molecule has 0 aliphatic heterocycles. The molecule has 1 aromatic rings. The maximum atomic E-state index is 5.41. The Morgan fingerprint density at radius 2 is 2.29 bits per heavy atom. The van der Waals surface area contributed by atoms with Crippen LogP contribution < -0.4 is 5.32 Å². The van der Waals surface area contributed by atoms with E-state index >= 15 is 0 Å². The fourth-order valence-electron chi connectivity index (χ4n) is 1.65. The molecule has 2 rings (SSSR count). The zero-order chi connectivity index (χ0) is 9.97. The van der Waals surface area contributed by atoms with Crippen molar-refractivity contribution in [2.75, 3.05) is 6.54 Å². The van der Waals surface area contributed by atoms with Crippen LogP contribution >= 0.6 is 0 Å². The molecule has 1 saturated carbocycles. The van der Waals surface area contributed by atoms with Crippen LogP contribution in [0, 0.1) is 5.92 Å². The third kappa shape index (κ3) is 2.38. The molecule has 0 spiro atoms.